The first-order valence-corrected chi connectivity index (χ1v) is 6.33. The summed E-state index contributed by atoms with van der Waals surface area (Å²) in [5, 5.41) is 3.58. The fourth-order valence-corrected chi connectivity index (χ4v) is 2.91. The molecular weight excluding hydrogens is 188 g/mol. The van der Waals surface area contributed by atoms with Crippen LogP contribution in [0.25, 0.3) is 0 Å². The first-order chi connectivity index (χ1) is 7.38. The molecule has 88 valence electrons. The Morgan fingerprint density at radius 3 is 3.00 bits per heavy atom. The fourth-order valence-electron chi connectivity index (χ4n) is 2.91. The van der Waals surface area contributed by atoms with Gasteiger partial charge in [-0.25, -0.2) is 0 Å². The lowest BCUT2D eigenvalue weighted by Gasteiger charge is -2.33. The lowest BCUT2D eigenvalue weighted by atomic mass is 9.98. The van der Waals surface area contributed by atoms with Gasteiger partial charge in [-0.3, -0.25) is 0 Å². The lowest BCUT2D eigenvalue weighted by Crippen LogP contribution is -2.43. The van der Waals surface area contributed by atoms with Crippen LogP contribution < -0.4 is 5.32 Å². The van der Waals surface area contributed by atoms with E-state index < -0.39 is 0 Å². The molecule has 2 rings (SSSR count). The molecule has 0 aromatic carbocycles. The Hall–Kier alpha value is -0.120. The van der Waals surface area contributed by atoms with Crippen LogP contribution in [0.15, 0.2) is 0 Å². The summed E-state index contributed by atoms with van der Waals surface area (Å²) in [6.07, 6.45) is 5.43. The third kappa shape index (κ3) is 3.44. The number of hydrogen-bond acceptors (Lipinski definition) is 3. The molecule has 2 saturated heterocycles. The monoisotopic (exact) mass is 212 g/mol. The van der Waals surface area contributed by atoms with Crippen molar-refractivity contribution in [2.24, 2.45) is 5.92 Å². The van der Waals surface area contributed by atoms with E-state index in [1.165, 1.54) is 51.9 Å². The minimum atomic E-state index is 0.756. The molecule has 2 aliphatic rings. The smallest absolute Gasteiger partial charge is 0.0502 e. The van der Waals surface area contributed by atoms with E-state index in [-0.39, 0.29) is 0 Å². The largest absolute Gasteiger partial charge is 0.384 e. The highest BCUT2D eigenvalue weighted by Crippen LogP contribution is 2.18. The average molecular weight is 212 g/mol. The molecule has 3 nitrogen and oxygen atoms in total. The van der Waals surface area contributed by atoms with Crippen LogP contribution in [0.2, 0.25) is 0 Å². The van der Waals surface area contributed by atoms with E-state index in [9.17, 15) is 0 Å². The van der Waals surface area contributed by atoms with Gasteiger partial charge in [-0.1, -0.05) is 0 Å². The molecule has 2 aliphatic heterocycles. The van der Waals surface area contributed by atoms with Crippen LogP contribution in [0, 0.1) is 5.92 Å². The van der Waals surface area contributed by atoms with Gasteiger partial charge in [-0.05, 0) is 44.7 Å². The Morgan fingerprint density at radius 1 is 1.33 bits per heavy atom. The number of methoxy groups -OCH3 is 1. The van der Waals surface area contributed by atoms with Gasteiger partial charge < -0.3 is 15.0 Å². The number of ether oxygens (including phenoxy) is 1. The predicted molar refractivity (Wildman–Crippen MR) is 62.1 cm³/mol. The standard InChI is InChI=1S/C12H24N2O/c1-15-10-11-4-3-7-14(8-11)9-12-5-2-6-13-12/h11-13H,2-10H2,1H3/t11?,12-/m1/s1. The zero-order chi connectivity index (χ0) is 10.5. The van der Waals surface area contributed by atoms with Gasteiger partial charge in [0, 0.05) is 26.2 Å². The van der Waals surface area contributed by atoms with Gasteiger partial charge >= 0.3 is 0 Å². The summed E-state index contributed by atoms with van der Waals surface area (Å²) in [4.78, 5) is 2.62. The summed E-state index contributed by atoms with van der Waals surface area (Å²) >= 11 is 0. The highest BCUT2D eigenvalue weighted by atomic mass is 16.5. The van der Waals surface area contributed by atoms with E-state index >= 15 is 0 Å². The Kier molecular flexibility index (Phi) is 4.42. The molecule has 0 saturated carbocycles. The highest BCUT2D eigenvalue weighted by molar-refractivity contribution is 4.81. The summed E-state index contributed by atoms with van der Waals surface area (Å²) in [6.45, 7) is 5.94. The van der Waals surface area contributed by atoms with Crippen molar-refractivity contribution in [3.05, 3.63) is 0 Å². The maximum atomic E-state index is 5.26. The summed E-state index contributed by atoms with van der Waals surface area (Å²) in [5.41, 5.74) is 0. The van der Waals surface area contributed by atoms with Gasteiger partial charge in [0.05, 0.1) is 6.61 Å². The second kappa shape index (κ2) is 5.83. The van der Waals surface area contributed by atoms with Gasteiger partial charge in [-0.2, -0.15) is 0 Å². The molecular formula is C12H24N2O. The minimum absolute atomic E-state index is 0.756. The second-order valence-corrected chi connectivity index (χ2v) is 5.02. The molecule has 0 radical (unpaired) electrons. The quantitative estimate of drug-likeness (QED) is 0.755. The van der Waals surface area contributed by atoms with E-state index in [0.29, 0.717) is 0 Å². The van der Waals surface area contributed by atoms with Crippen LogP contribution in [0.5, 0.6) is 0 Å². The number of hydrogen-bond donors (Lipinski definition) is 1. The molecule has 1 unspecified atom stereocenters. The number of likely N-dealkylation sites (tertiary alicyclic amines) is 1. The molecule has 2 atom stereocenters. The van der Waals surface area contributed by atoms with Crippen molar-refractivity contribution >= 4 is 0 Å². The number of nitrogens with zero attached hydrogens (tertiary/aromatic N) is 1. The maximum Gasteiger partial charge on any atom is 0.0502 e. The lowest BCUT2D eigenvalue weighted by molar-refractivity contribution is 0.0868. The minimum Gasteiger partial charge on any atom is -0.384 e. The highest BCUT2D eigenvalue weighted by Gasteiger charge is 2.23. The summed E-state index contributed by atoms with van der Waals surface area (Å²) in [7, 11) is 1.82. The van der Waals surface area contributed by atoms with Crippen molar-refractivity contribution in [2.75, 3.05) is 39.9 Å². The van der Waals surface area contributed by atoms with Gasteiger partial charge in [-0.15, -0.1) is 0 Å². The first-order valence-electron chi connectivity index (χ1n) is 6.33. The van der Waals surface area contributed by atoms with E-state index in [0.717, 1.165) is 18.6 Å². The normalized spacial score (nSPS) is 33.4. The van der Waals surface area contributed by atoms with Crippen molar-refractivity contribution in [1.29, 1.82) is 0 Å². The third-order valence-electron chi connectivity index (χ3n) is 3.65. The van der Waals surface area contributed by atoms with E-state index in [1.54, 1.807) is 0 Å². The Morgan fingerprint density at radius 2 is 2.27 bits per heavy atom. The molecule has 2 fully saturated rings. The van der Waals surface area contributed by atoms with Crippen molar-refractivity contribution in [3.63, 3.8) is 0 Å². The summed E-state index contributed by atoms with van der Waals surface area (Å²) < 4.78 is 5.26. The Labute approximate surface area is 93.2 Å². The molecule has 0 amide bonds. The maximum absolute atomic E-state index is 5.26. The number of piperidine rings is 1. The van der Waals surface area contributed by atoms with Crippen LogP contribution >= 0.6 is 0 Å². The van der Waals surface area contributed by atoms with Crippen molar-refractivity contribution in [3.8, 4) is 0 Å². The van der Waals surface area contributed by atoms with Crippen LogP contribution in [0.4, 0.5) is 0 Å². The van der Waals surface area contributed by atoms with Crippen LogP contribution in [0.3, 0.4) is 0 Å². The van der Waals surface area contributed by atoms with Crippen molar-refractivity contribution in [2.45, 2.75) is 31.7 Å². The Bertz CT molecular complexity index is 178. The molecule has 0 aromatic rings. The van der Waals surface area contributed by atoms with Crippen LogP contribution in [0.1, 0.15) is 25.7 Å². The molecule has 0 bridgehead atoms. The van der Waals surface area contributed by atoms with Gasteiger partial charge in [0.25, 0.3) is 0 Å². The van der Waals surface area contributed by atoms with Gasteiger partial charge in [0.2, 0.25) is 0 Å². The molecule has 2 heterocycles. The first kappa shape index (κ1) is 11.4. The zero-order valence-corrected chi connectivity index (χ0v) is 9.87. The molecule has 0 aromatic heterocycles. The summed E-state index contributed by atoms with van der Waals surface area (Å²) in [6, 6.07) is 0.756. The van der Waals surface area contributed by atoms with Gasteiger partial charge in [0.1, 0.15) is 0 Å². The van der Waals surface area contributed by atoms with Crippen LogP contribution in [-0.4, -0.2) is 50.8 Å². The van der Waals surface area contributed by atoms with E-state index in [4.69, 9.17) is 4.74 Å². The molecule has 3 heteroatoms. The second-order valence-electron chi connectivity index (χ2n) is 5.02. The third-order valence-corrected chi connectivity index (χ3v) is 3.65. The predicted octanol–water partition coefficient (Wildman–Crippen LogP) is 1.10. The Balaban J connectivity index is 1.71. The average Bonchev–Trinajstić information content (AvgIpc) is 2.71. The van der Waals surface area contributed by atoms with E-state index in [2.05, 4.69) is 10.2 Å². The van der Waals surface area contributed by atoms with E-state index in [1.807, 2.05) is 7.11 Å². The number of nitrogens with one attached hydrogen (secondary N) is 1. The molecule has 0 spiro atoms. The van der Waals surface area contributed by atoms with Crippen LogP contribution in [-0.2, 0) is 4.74 Å². The summed E-state index contributed by atoms with van der Waals surface area (Å²) in [5.74, 6) is 0.769. The van der Waals surface area contributed by atoms with Crippen molar-refractivity contribution < 1.29 is 4.74 Å². The fraction of sp³-hybridized carbons (Fsp3) is 1.00. The number of rotatable bonds is 4. The zero-order valence-electron chi connectivity index (χ0n) is 9.87. The SMILES string of the molecule is COCC1CCCN(C[C@H]2CCCN2)C1. The van der Waals surface area contributed by atoms with Crippen molar-refractivity contribution in [1.82, 2.24) is 10.2 Å². The van der Waals surface area contributed by atoms with Gasteiger partial charge in [0.15, 0.2) is 0 Å². The molecule has 15 heavy (non-hydrogen) atoms. The molecule has 0 aliphatic carbocycles. The topological polar surface area (TPSA) is 24.5 Å². The molecule has 1 N–H and O–H groups in total.